The number of ether oxygens (including phenoxy) is 3. The fourth-order valence-corrected chi connectivity index (χ4v) is 3.94. The summed E-state index contributed by atoms with van der Waals surface area (Å²) in [7, 11) is 3.39. The maximum absolute atomic E-state index is 9.94. The Hall–Kier alpha value is -1.56. The highest BCUT2D eigenvalue weighted by Gasteiger charge is 2.35. The van der Waals surface area contributed by atoms with Crippen molar-refractivity contribution in [3.63, 3.8) is 0 Å². The summed E-state index contributed by atoms with van der Waals surface area (Å²) in [5, 5.41) is 9.94. The second-order valence-electron chi connectivity index (χ2n) is 7.19. The van der Waals surface area contributed by atoms with Crippen LogP contribution in [0.5, 0.6) is 11.5 Å². The van der Waals surface area contributed by atoms with E-state index < -0.39 is 0 Å². The molecule has 3 rings (SSSR count). The number of likely N-dealkylation sites (tertiary alicyclic amines) is 1. The molecule has 2 aliphatic rings. The van der Waals surface area contributed by atoms with Crippen LogP contribution in [0.15, 0.2) is 23.8 Å². The highest BCUT2D eigenvalue weighted by Crippen LogP contribution is 2.37. The van der Waals surface area contributed by atoms with Crippen LogP contribution in [-0.2, 0) is 4.74 Å². The monoisotopic (exact) mass is 347 g/mol. The number of hydrogen-bond donors (Lipinski definition) is 1. The highest BCUT2D eigenvalue weighted by atomic mass is 16.5. The molecule has 1 fully saturated rings. The smallest absolute Gasteiger partial charge is 0.168 e. The third-order valence-electron chi connectivity index (χ3n) is 5.33. The Balaban J connectivity index is 1.68. The standard InChI is InChI=1S/C20H29NO4/c1-23-10-8-20(15-22)7-4-9-21(14-20)12-16-11-17-5-3-6-18(24-2)19(17)25-13-16/h3,5-6,11,22H,4,7-10,12-15H2,1-2H3/t20-/m0/s1. The minimum absolute atomic E-state index is 0.0362. The summed E-state index contributed by atoms with van der Waals surface area (Å²) < 4.78 is 16.6. The number of methoxy groups -OCH3 is 2. The Labute approximate surface area is 150 Å². The van der Waals surface area contributed by atoms with Crippen LogP contribution in [0.25, 0.3) is 6.08 Å². The van der Waals surface area contributed by atoms with Gasteiger partial charge in [0.1, 0.15) is 6.61 Å². The molecule has 1 aromatic rings. The van der Waals surface area contributed by atoms with E-state index in [0.717, 1.165) is 56.0 Å². The van der Waals surface area contributed by atoms with Crippen molar-refractivity contribution in [2.45, 2.75) is 19.3 Å². The molecule has 2 aliphatic heterocycles. The van der Waals surface area contributed by atoms with Crippen molar-refractivity contribution in [1.29, 1.82) is 0 Å². The topological polar surface area (TPSA) is 51.2 Å². The zero-order valence-corrected chi connectivity index (χ0v) is 15.3. The molecule has 0 unspecified atom stereocenters. The van der Waals surface area contributed by atoms with Gasteiger partial charge in [0.2, 0.25) is 0 Å². The van der Waals surface area contributed by atoms with Gasteiger partial charge in [-0.3, -0.25) is 4.90 Å². The summed E-state index contributed by atoms with van der Waals surface area (Å²) in [4.78, 5) is 2.44. The van der Waals surface area contributed by atoms with Crippen molar-refractivity contribution in [2.75, 3.05) is 53.7 Å². The summed E-state index contributed by atoms with van der Waals surface area (Å²) in [6.07, 6.45) is 5.31. The maximum atomic E-state index is 9.94. The number of fused-ring (bicyclic) bond motifs is 1. The molecule has 0 amide bonds. The van der Waals surface area contributed by atoms with Crippen LogP contribution in [0.2, 0.25) is 0 Å². The van der Waals surface area contributed by atoms with E-state index in [1.165, 1.54) is 5.57 Å². The van der Waals surface area contributed by atoms with E-state index >= 15 is 0 Å². The Kier molecular flexibility index (Phi) is 5.99. The molecule has 0 radical (unpaired) electrons. The van der Waals surface area contributed by atoms with Crippen LogP contribution in [0.3, 0.4) is 0 Å². The number of para-hydroxylation sites is 1. The molecule has 5 heteroatoms. The fourth-order valence-electron chi connectivity index (χ4n) is 3.94. The van der Waals surface area contributed by atoms with Gasteiger partial charge in [-0.05, 0) is 43.5 Å². The van der Waals surface area contributed by atoms with E-state index in [2.05, 4.69) is 17.0 Å². The minimum atomic E-state index is -0.0362. The number of rotatable bonds is 7. The number of aliphatic hydroxyl groups excluding tert-OH is 1. The summed E-state index contributed by atoms with van der Waals surface area (Å²) in [5.41, 5.74) is 2.30. The van der Waals surface area contributed by atoms with E-state index in [4.69, 9.17) is 14.2 Å². The molecule has 1 saturated heterocycles. The van der Waals surface area contributed by atoms with Crippen molar-refractivity contribution < 1.29 is 19.3 Å². The van der Waals surface area contributed by atoms with Crippen molar-refractivity contribution in [3.8, 4) is 11.5 Å². The molecule has 1 N–H and O–H groups in total. The minimum Gasteiger partial charge on any atom is -0.493 e. The molecule has 0 spiro atoms. The molecule has 25 heavy (non-hydrogen) atoms. The molecule has 0 aliphatic carbocycles. The van der Waals surface area contributed by atoms with Gasteiger partial charge in [0.15, 0.2) is 11.5 Å². The number of nitrogens with zero attached hydrogens (tertiary/aromatic N) is 1. The molecule has 5 nitrogen and oxygen atoms in total. The van der Waals surface area contributed by atoms with Gasteiger partial charge in [0.25, 0.3) is 0 Å². The predicted octanol–water partition coefficient (Wildman–Crippen LogP) is 2.58. The lowest BCUT2D eigenvalue weighted by molar-refractivity contribution is 0.0101. The largest absolute Gasteiger partial charge is 0.493 e. The molecule has 2 heterocycles. The SMILES string of the molecule is COCC[C@@]1(CO)CCCN(CC2=Cc3cccc(OC)c3OC2)C1. The first-order valence-corrected chi connectivity index (χ1v) is 9.01. The second-order valence-corrected chi connectivity index (χ2v) is 7.19. The lowest BCUT2D eigenvalue weighted by atomic mass is 9.78. The Morgan fingerprint density at radius 2 is 2.20 bits per heavy atom. The first-order valence-electron chi connectivity index (χ1n) is 9.01. The highest BCUT2D eigenvalue weighted by molar-refractivity contribution is 5.66. The van der Waals surface area contributed by atoms with Crippen molar-refractivity contribution >= 4 is 6.08 Å². The lowest BCUT2D eigenvalue weighted by Gasteiger charge is -2.42. The van der Waals surface area contributed by atoms with Crippen LogP contribution in [-0.4, -0.2) is 63.7 Å². The maximum Gasteiger partial charge on any atom is 0.168 e. The van der Waals surface area contributed by atoms with Crippen molar-refractivity contribution in [2.24, 2.45) is 5.41 Å². The number of hydrogen-bond acceptors (Lipinski definition) is 5. The molecule has 1 atom stereocenters. The third kappa shape index (κ3) is 4.17. The lowest BCUT2D eigenvalue weighted by Crippen LogP contribution is -2.46. The van der Waals surface area contributed by atoms with Crippen molar-refractivity contribution in [1.82, 2.24) is 4.90 Å². The molecular formula is C20H29NO4. The molecule has 0 bridgehead atoms. The van der Waals surface area contributed by atoms with E-state index in [-0.39, 0.29) is 12.0 Å². The van der Waals surface area contributed by atoms with Crippen LogP contribution in [0, 0.1) is 5.41 Å². The van der Waals surface area contributed by atoms with Crippen LogP contribution in [0.1, 0.15) is 24.8 Å². The number of benzene rings is 1. The van der Waals surface area contributed by atoms with Gasteiger partial charge in [-0.1, -0.05) is 12.1 Å². The molecule has 138 valence electrons. The Morgan fingerprint density at radius 3 is 2.96 bits per heavy atom. The average Bonchev–Trinajstić information content (AvgIpc) is 2.66. The van der Waals surface area contributed by atoms with Crippen molar-refractivity contribution in [3.05, 3.63) is 29.3 Å². The van der Waals surface area contributed by atoms with Crippen LogP contribution < -0.4 is 9.47 Å². The van der Waals surface area contributed by atoms with Gasteiger partial charge in [-0.15, -0.1) is 0 Å². The third-order valence-corrected chi connectivity index (χ3v) is 5.33. The fraction of sp³-hybridized carbons (Fsp3) is 0.600. The predicted molar refractivity (Wildman–Crippen MR) is 98.2 cm³/mol. The average molecular weight is 347 g/mol. The first kappa shape index (κ1) is 18.2. The van der Waals surface area contributed by atoms with Gasteiger partial charge in [0.05, 0.1) is 13.7 Å². The number of piperidine rings is 1. The van der Waals surface area contributed by atoms with Gasteiger partial charge < -0.3 is 19.3 Å². The molecule has 0 saturated carbocycles. The zero-order valence-electron chi connectivity index (χ0n) is 15.3. The van der Waals surface area contributed by atoms with E-state index in [0.29, 0.717) is 13.2 Å². The molecular weight excluding hydrogens is 318 g/mol. The van der Waals surface area contributed by atoms with Crippen LogP contribution in [0.4, 0.5) is 0 Å². The summed E-state index contributed by atoms with van der Waals surface area (Å²) in [6, 6.07) is 5.97. The van der Waals surface area contributed by atoms with E-state index in [1.54, 1.807) is 14.2 Å². The quantitative estimate of drug-likeness (QED) is 0.822. The molecule has 0 aromatic heterocycles. The summed E-state index contributed by atoms with van der Waals surface area (Å²) >= 11 is 0. The first-order chi connectivity index (χ1) is 12.2. The molecule has 1 aromatic carbocycles. The zero-order chi connectivity index (χ0) is 17.7. The second kappa shape index (κ2) is 8.21. The van der Waals surface area contributed by atoms with E-state index in [1.807, 2.05) is 12.1 Å². The normalized spacial score (nSPS) is 23.6. The summed E-state index contributed by atoms with van der Waals surface area (Å²) in [5.74, 6) is 1.61. The van der Waals surface area contributed by atoms with Gasteiger partial charge >= 0.3 is 0 Å². The van der Waals surface area contributed by atoms with E-state index in [9.17, 15) is 5.11 Å². The Morgan fingerprint density at radius 1 is 1.32 bits per heavy atom. The Bertz CT molecular complexity index is 616. The van der Waals surface area contributed by atoms with Gasteiger partial charge in [0, 0.05) is 37.8 Å². The number of aliphatic hydroxyl groups is 1. The van der Waals surface area contributed by atoms with Crippen LogP contribution >= 0.6 is 0 Å². The summed E-state index contributed by atoms with van der Waals surface area (Å²) in [6.45, 7) is 4.38. The van der Waals surface area contributed by atoms with Gasteiger partial charge in [-0.25, -0.2) is 0 Å². The van der Waals surface area contributed by atoms with Gasteiger partial charge in [-0.2, -0.15) is 0 Å².